The number of rotatable bonds is 4. The summed E-state index contributed by atoms with van der Waals surface area (Å²) in [6, 6.07) is 0. The summed E-state index contributed by atoms with van der Waals surface area (Å²) in [6.07, 6.45) is 7.09. The van der Waals surface area contributed by atoms with Gasteiger partial charge in [0.25, 0.3) is 0 Å². The molecule has 2 saturated carbocycles. The van der Waals surface area contributed by atoms with E-state index >= 15 is 0 Å². The zero-order valence-corrected chi connectivity index (χ0v) is 11.3. The van der Waals surface area contributed by atoms with Crippen LogP contribution in [0.5, 0.6) is 5.75 Å². The van der Waals surface area contributed by atoms with Gasteiger partial charge in [-0.3, -0.25) is 0 Å². The predicted octanol–water partition coefficient (Wildman–Crippen LogP) is 2.99. The summed E-state index contributed by atoms with van der Waals surface area (Å²) in [5, 5.41) is 3.74. The molecular formula is C13H18ClN3O. The SMILES string of the molecule is COc1c(Cl)ncnc1NCC1CC2CCC1C2. The highest BCUT2D eigenvalue weighted by Crippen LogP contribution is 2.48. The Labute approximate surface area is 112 Å². The second-order valence-electron chi connectivity index (χ2n) is 5.36. The Balaban J connectivity index is 1.65. The number of hydrogen-bond donors (Lipinski definition) is 1. The van der Waals surface area contributed by atoms with Gasteiger partial charge in [-0.05, 0) is 37.0 Å². The predicted molar refractivity (Wildman–Crippen MR) is 71.0 cm³/mol. The van der Waals surface area contributed by atoms with E-state index in [2.05, 4.69) is 15.3 Å². The van der Waals surface area contributed by atoms with Crippen LogP contribution in [0.15, 0.2) is 6.33 Å². The molecule has 0 aliphatic heterocycles. The van der Waals surface area contributed by atoms with Gasteiger partial charge < -0.3 is 10.1 Å². The minimum absolute atomic E-state index is 0.364. The summed E-state index contributed by atoms with van der Waals surface area (Å²) in [5.41, 5.74) is 0. The second kappa shape index (κ2) is 4.92. The molecule has 0 spiro atoms. The van der Waals surface area contributed by atoms with Gasteiger partial charge in [-0.15, -0.1) is 0 Å². The Morgan fingerprint density at radius 2 is 2.28 bits per heavy atom. The molecule has 0 saturated heterocycles. The Morgan fingerprint density at radius 1 is 1.39 bits per heavy atom. The smallest absolute Gasteiger partial charge is 0.198 e. The topological polar surface area (TPSA) is 47.0 Å². The third-order valence-corrected chi connectivity index (χ3v) is 4.65. The van der Waals surface area contributed by atoms with Crippen molar-refractivity contribution >= 4 is 17.4 Å². The van der Waals surface area contributed by atoms with Crippen LogP contribution < -0.4 is 10.1 Å². The van der Waals surface area contributed by atoms with Gasteiger partial charge in [0.15, 0.2) is 16.7 Å². The maximum absolute atomic E-state index is 5.97. The number of ether oxygens (including phenoxy) is 1. The normalized spacial score (nSPS) is 29.6. The van der Waals surface area contributed by atoms with Gasteiger partial charge >= 0.3 is 0 Å². The molecule has 5 heteroatoms. The van der Waals surface area contributed by atoms with Crippen LogP contribution in [0, 0.1) is 17.8 Å². The maximum Gasteiger partial charge on any atom is 0.198 e. The molecule has 1 heterocycles. The van der Waals surface area contributed by atoms with Crippen molar-refractivity contribution in [1.82, 2.24) is 9.97 Å². The standard InChI is InChI=1S/C13H18ClN3O/c1-18-11-12(14)16-7-17-13(11)15-6-10-5-8-2-3-9(10)4-8/h7-10H,2-6H2,1H3,(H,15,16,17). The van der Waals surface area contributed by atoms with Crippen LogP contribution in [0.3, 0.4) is 0 Å². The summed E-state index contributed by atoms with van der Waals surface area (Å²) >= 11 is 5.97. The summed E-state index contributed by atoms with van der Waals surface area (Å²) in [7, 11) is 1.59. The molecule has 2 bridgehead atoms. The van der Waals surface area contributed by atoms with Gasteiger partial charge in [0.05, 0.1) is 7.11 Å². The molecule has 2 aliphatic rings. The summed E-state index contributed by atoms with van der Waals surface area (Å²) in [6.45, 7) is 0.963. The molecule has 2 aliphatic carbocycles. The zero-order chi connectivity index (χ0) is 12.5. The highest BCUT2D eigenvalue weighted by molar-refractivity contribution is 6.31. The number of anilines is 1. The zero-order valence-electron chi connectivity index (χ0n) is 10.5. The third kappa shape index (κ3) is 2.14. The fraction of sp³-hybridized carbons (Fsp3) is 0.692. The lowest BCUT2D eigenvalue weighted by Crippen LogP contribution is -2.20. The minimum atomic E-state index is 0.364. The molecule has 3 rings (SSSR count). The van der Waals surface area contributed by atoms with Gasteiger partial charge in [0, 0.05) is 6.54 Å². The molecule has 3 atom stereocenters. The summed E-state index contributed by atoms with van der Waals surface area (Å²) < 4.78 is 5.23. The Bertz CT molecular complexity index is 440. The summed E-state index contributed by atoms with van der Waals surface area (Å²) in [4.78, 5) is 8.12. The molecule has 4 nitrogen and oxygen atoms in total. The van der Waals surface area contributed by atoms with E-state index in [0.29, 0.717) is 16.7 Å². The molecule has 98 valence electrons. The fourth-order valence-electron chi connectivity index (χ4n) is 3.51. The fourth-order valence-corrected chi connectivity index (χ4v) is 3.72. The van der Waals surface area contributed by atoms with Gasteiger partial charge in [-0.25, -0.2) is 9.97 Å². The molecule has 18 heavy (non-hydrogen) atoms. The number of aromatic nitrogens is 2. The number of hydrogen-bond acceptors (Lipinski definition) is 4. The van der Waals surface area contributed by atoms with E-state index in [9.17, 15) is 0 Å². The summed E-state index contributed by atoms with van der Waals surface area (Å²) in [5.74, 6) is 3.91. The lowest BCUT2D eigenvalue weighted by molar-refractivity contribution is 0.347. The Hall–Kier alpha value is -1.03. The Kier molecular flexibility index (Phi) is 3.29. The van der Waals surface area contributed by atoms with Crippen molar-refractivity contribution < 1.29 is 4.74 Å². The molecule has 0 aromatic carbocycles. The van der Waals surface area contributed by atoms with Crippen molar-refractivity contribution in [2.24, 2.45) is 17.8 Å². The lowest BCUT2D eigenvalue weighted by Gasteiger charge is -2.22. The van der Waals surface area contributed by atoms with E-state index in [1.165, 1.54) is 32.0 Å². The molecule has 3 unspecified atom stereocenters. The quantitative estimate of drug-likeness (QED) is 0.852. The van der Waals surface area contributed by atoms with E-state index in [0.717, 1.165) is 24.3 Å². The molecule has 0 amide bonds. The molecular weight excluding hydrogens is 250 g/mol. The van der Waals surface area contributed by atoms with E-state index in [1.807, 2.05) is 0 Å². The van der Waals surface area contributed by atoms with Gasteiger partial charge in [0.2, 0.25) is 0 Å². The second-order valence-corrected chi connectivity index (χ2v) is 5.72. The monoisotopic (exact) mass is 267 g/mol. The number of nitrogens with one attached hydrogen (secondary N) is 1. The van der Waals surface area contributed by atoms with Gasteiger partial charge in [-0.2, -0.15) is 0 Å². The molecule has 1 N–H and O–H groups in total. The van der Waals surface area contributed by atoms with Crippen LogP contribution in [-0.2, 0) is 0 Å². The van der Waals surface area contributed by atoms with Gasteiger partial charge in [-0.1, -0.05) is 18.0 Å². The Morgan fingerprint density at radius 3 is 2.94 bits per heavy atom. The third-order valence-electron chi connectivity index (χ3n) is 4.38. The van der Waals surface area contributed by atoms with Crippen LogP contribution in [0.2, 0.25) is 5.15 Å². The van der Waals surface area contributed by atoms with Crippen molar-refractivity contribution in [2.75, 3.05) is 19.0 Å². The number of fused-ring (bicyclic) bond motifs is 2. The molecule has 2 fully saturated rings. The average Bonchev–Trinajstić information content (AvgIpc) is 2.98. The largest absolute Gasteiger partial charge is 0.490 e. The van der Waals surface area contributed by atoms with Crippen LogP contribution in [0.4, 0.5) is 5.82 Å². The maximum atomic E-state index is 5.97. The molecule has 1 aromatic rings. The highest BCUT2D eigenvalue weighted by Gasteiger charge is 2.39. The van der Waals surface area contributed by atoms with Crippen molar-refractivity contribution in [3.8, 4) is 5.75 Å². The number of nitrogens with zero attached hydrogens (tertiary/aromatic N) is 2. The van der Waals surface area contributed by atoms with Crippen molar-refractivity contribution in [2.45, 2.75) is 25.7 Å². The minimum Gasteiger partial charge on any atom is -0.490 e. The average molecular weight is 268 g/mol. The molecule has 0 radical (unpaired) electrons. The first-order valence-electron chi connectivity index (χ1n) is 6.56. The van der Waals surface area contributed by atoms with Crippen molar-refractivity contribution in [3.63, 3.8) is 0 Å². The van der Waals surface area contributed by atoms with Crippen LogP contribution in [0.25, 0.3) is 0 Å². The van der Waals surface area contributed by atoms with Crippen molar-refractivity contribution in [3.05, 3.63) is 11.5 Å². The van der Waals surface area contributed by atoms with Crippen LogP contribution >= 0.6 is 11.6 Å². The van der Waals surface area contributed by atoms with E-state index in [1.54, 1.807) is 7.11 Å². The van der Waals surface area contributed by atoms with E-state index in [4.69, 9.17) is 16.3 Å². The first-order chi connectivity index (χ1) is 8.78. The van der Waals surface area contributed by atoms with Crippen molar-refractivity contribution in [1.29, 1.82) is 0 Å². The van der Waals surface area contributed by atoms with Gasteiger partial charge in [0.1, 0.15) is 6.33 Å². The van der Waals surface area contributed by atoms with E-state index in [-0.39, 0.29) is 0 Å². The van der Waals surface area contributed by atoms with Crippen LogP contribution in [0.1, 0.15) is 25.7 Å². The van der Waals surface area contributed by atoms with Crippen LogP contribution in [-0.4, -0.2) is 23.6 Å². The van der Waals surface area contributed by atoms with E-state index < -0.39 is 0 Å². The molecule has 1 aromatic heterocycles. The first kappa shape index (κ1) is 12.0. The number of methoxy groups -OCH3 is 1. The number of halogens is 1. The first-order valence-corrected chi connectivity index (χ1v) is 6.94. The lowest BCUT2D eigenvalue weighted by atomic mass is 9.89. The highest BCUT2D eigenvalue weighted by atomic mass is 35.5.